The summed E-state index contributed by atoms with van der Waals surface area (Å²) in [7, 11) is 2.12. The summed E-state index contributed by atoms with van der Waals surface area (Å²) in [5, 5.41) is 3.13. The number of hydrogen-bond donors (Lipinski definition) is 1. The molecule has 0 aliphatic carbocycles. The first-order valence-corrected chi connectivity index (χ1v) is 7.43. The normalized spacial score (nSPS) is 17.7. The maximum atomic E-state index is 12.2. The number of amides is 1. The number of fused-ring (bicyclic) bond motifs is 1. The summed E-state index contributed by atoms with van der Waals surface area (Å²) in [6.45, 7) is 2.11. The van der Waals surface area contributed by atoms with Gasteiger partial charge in [-0.3, -0.25) is 4.79 Å². The maximum Gasteiger partial charge on any atom is 0.251 e. The quantitative estimate of drug-likeness (QED) is 0.913. The second-order valence-corrected chi connectivity index (χ2v) is 5.97. The standard InChI is InChI=1S/C14H17N3OS/c1-17-6-4-11(5-7-17)16-14(18)10-2-3-12-13(8-10)19-9-15-12/h2-3,8-9,11H,4-7H2,1H3,(H,16,18). The molecule has 0 unspecified atom stereocenters. The number of thiazole rings is 1. The second kappa shape index (κ2) is 5.27. The average molecular weight is 275 g/mol. The molecular formula is C14H17N3OS. The van der Waals surface area contributed by atoms with Crippen molar-refractivity contribution >= 4 is 27.5 Å². The van der Waals surface area contributed by atoms with Crippen LogP contribution in [0.5, 0.6) is 0 Å². The van der Waals surface area contributed by atoms with E-state index in [0.29, 0.717) is 6.04 Å². The van der Waals surface area contributed by atoms with Gasteiger partial charge in [0.05, 0.1) is 15.7 Å². The predicted molar refractivity (Wildman–Crippen MR) is 77.6 cm³/mol. The lowest BCUT2D eigenvalue weighted by Crippen LogP contribution is -2.43. The summed E-state index contributed by atoms with van der Waals surface area (Å²) < 4.78 is 1.07. The fraction of sp³-hybridized carbons (Fsp3) is 0.429. The molecule has 1 amide bonds. The largest absolute Gasteiger partial charge is 0.349 e. The molecule has 1 N–H and O–H groups in total. The van der Waals surface area contributed by atoms with Crippen LogP contribution in [0.15, 0.2) is 23.7 Å². The highest BCUT2D eigenvalue weighted by atomic mass is 32.1. The van der Waals surface area contributed by atoms with Crippen LogP contribution in [-0.4, -0.2) is 42.0 Å². The molecule has 2 aromatic rings. The summed E-state index contributed by atoms with van der Waals surface area (Å²) in [5.74, 6) is 0.0323. The van der Waals surface area contributed by atoms with Gasteiger partial charge in [-0.25, -0.2) is 4.98 Å². The van der Waals surface area contributed by atoms with Crippen LogP contribution in [0.25, 0.3) is 10.2 Å². The zero-order chi connectivity index (χ0) is 13.2. The molecule has 100 valence electrons. The fourth-order valence-electron chi connectivity index (χ4n) is 2.42. The molecule has 3 rings (SSSR count). The molecule has 19 heavy (non-hydrogen) atoms. The molecule has 0 spiro atoms. The second-order valence-electron chi connectivity index (χ2n) is 5.09. The topological polar surface area (TPSA) is 45.2 Å². The van der Waals surface area contributed by atoms with E-state index in [1.807, 2.05) is 23.7 Å². The Morgan fingerprint density at radius 3 is 3.00 bits per heavy atom. The number of hydrogen-bond acceptors (Lipinski definition) is 4. The maximum absolute atomic E-state index is 12.2. The molecule has 1 aliphatic heterocycles. The van der Waals surface area contributed by atoms with E-state index in [9.17, 15) is 4.79 Å². The number of nitrogens with one attached hydrogen (secondary N) is 1. The average Bonchev–Trinajstić information content (AvgIpc) is 2.88. The van der Waals surface area contributed by atoms with Gasteiger partial charge < -0.3 is 10.2 Å². The first-order valence-electron chi connectivity index (χ1n) is 6.55. The van der Waals surface area contributed by atoms with Crippen LogP contribution in [0.2, 0.25) is 0 Å². The van der Waals surface area contributed by atoms with Gasteiger partial charge in [-0.15, -0.1) is 11.3 Å². The predicted octanol–water partition coefficient (Wildman–Crippen LogP) is 2.12. The molecule has 1 saturated heterocycles. The molecule has 1 aromatic heterocycles. The number of rotatable bonds is 2. The van der Waals surface area contributed by atoms with Gasteiger partial charge in [-0.05, 0) is 51.2 Å². The first kappa shape index (κ1) is 12.6. The van der Waals surface area contributed by atoms with E-state index in [2.05, 4.69) is 22.2 Å². The minimum atomic E-state index is 0.0323. The molecular weight excluding hydrogens is 258 g/mol. The van der Waals surface area contributed by atoms with Crippen molar-refractivity contribution < 1.29 is 4.79 Å². The Balaban J connectivity index is 1.69. The molecule has 5 heteroatoms. The van der Waals surface area contributed by atoms with Gasteiger partial charge in [0.2, 0.25) is 0 Å². The number of benzene rings is 1. The SMILES string of the molecule is CN1CCC(NC(=O)c2ccc3ncsc3c2)CC1. The third kappa shape index (κ3) is 2.77. The van der Waals surface area contributed by atoms with Crippen molar-refractivity contribution in [3.8, 4) is 0 Å². The van der Waals surface area contributed by atoms with Gasteiger partial charge in [0.15, 0.2) is 0 Å². The van der Waals surface area contributed by atoms with Crippen molar-refractivity contribution in [3.63, 3.8) is 0 Å². The van der Waals surface area contributed by atoms with Crippen LogP contribution < -0.4 is 5.32 Å². The summed E-state index contributed by atoms with van der Waals surface area (Å²) >= 11 is 1.57. The molecule has 0 atom stereocenters. The molecule has 1 fully saturated rings. The summed E-state index contributed by atoms with van der Waals surface area (Å²) in [5.41, 5.74) is 3.50. The highest BCUT2D eigenvalue weighted by molar-refractivity contribution is 7.16. The van der Waals surface area contributed by atoms with Gasteiger partial charge in [-0.2, -0.15) is 0 Å². The molecule has 1 aliphatic rings. The number of piperidine rings is 1. The Hall–Kier alpha value is -1.46. The number of aromatic nitrogens is 1. The fourth-order valence-corrected chi connectivity index (χ4v) is 3.13. The molecule has 0 saturated carbocycles. The molecule has 2 heterocycles. The monoisotopic (exact) mass is 275 g/mol. The van der Waals surface area contributed by atoms with Crippen LogP contribution in [0.4, 0.5) is 0 Å². The lowest BCUT2D eigenvalue weighted by atomic mass is 10.0. The Morgan fingerprint density at radius 1 is 1.42 bits per heavy atom. The number of nitrogens with zero attached hydrogens (tertiary/aromatic N) is 2. The lowest BCUT2D eigenvalue weighted by molar-refractivity contribution is 0.0917. The van der Waals surface area contributed by atoms with E-state index in [1.165, 1.54) is 0 Å². The van der Waals surface area contributed by atoms with E-state index < -0.39 is 0 Å². The smallest absolute Gasteiger partial charge is 0.251 e. The van der Waals surface area contributed by atoms with Gasteiger partial charge in [-0.1, -0.05) is 0 Å². The van der Waals surface area contributed by atoms with Gasteiger partial charge >= 0.3 is 0 Å². The van der Waals surface area contributed by atoms with Crippen molar-refractivity contribution in [2.45, 2.75) is 18.9 Å². The number of carbonyl (C=O) groups is 1. The summed E-state index contributed by atoms with van der Waals surface area (Å²) in [6.07, 6.45) is 2.07. The minimum absolute atomic E-state index is 0.0323. The van der Waals surface area contributed by atoms with Crippen molar-refractivity contribution in [2.24, 2.45) is 0 Å². The van der Waals surface area contributed by atoms with Crippen LogP contribution in [0.1, 0.15) is 23.2 Å². The van der Waals surface area contributed by atoms with E-state index in [0.717, 1.165) is 41.7 Å². The van der Waals surface area contributed by atoms with Crippen LogP contribution in [0, 0.1) is 0 Å². The summed E-state index contributed by atoms with van der Waals surface area (Å²) in [6, 6.07) is 6.00. The third-order valence-corrected chi connectivity index (χ3v) is 4.44. The zero-order valence-electron chi connectivity index (χ0n) is 10.9. The van der Waals surface area contributed by atoms with Crippen LogP contribution >= 0.6 is 11.3 Å². The van der Waals surface area contributed by atoms with Crippen molar-refractivity contribution in [1.29, 1.82) is 0 Å². The van der Waals surface area contributed by atoms with Crippen molar-refractivity contribution in [2.75, 3.05) is 20.1 Å². The van der Waals surface area contributed by atoms with Gasteiger partial charge in [0, 0.05) is 11.6 Å². The van der Waals surface area contributed by atoms with Crippen LogP contribution in [-0.2, 0) is 0 Å². The number of carbonyl (C=O) groups excluding carboxylic acids is 1. The van der Waals surface area contributed by atoms with E-state index >= 15 is 0 Å². The highest BCUT2D eigenvalue weighted by Gasteiger charge is 2.19. The Labute approximate surface area is 116 Å². The van der Waals surface area contributed by atoms with E-state index in [-0.39, 0.29) is 5.91 Å². The number of likely N-dealkylation sites (tertiary alicyclic amines) is 1. The van der Waals surface area contributed by atoms with Crippen molar-refractivity contribution in [1.82, 2.24) is 15.2 Å². The van der Waals surface area contributed by atoms with E-state index in [4.69, 9.17) is 0 Å². The highest BCUT2D eigenvalue weighted by Crippen LogP contribution is 2.19. The molecule has 4 nitrogen and oxygen atoms in total. The van der Waals surface area contributed by atoms with E-state index in [1.54, 1.807) is 11.3 Å². The summed E-state index contributed by atoms with van der Waals surface area (Å²) in [4.78, 5) is 18.7. The zero-order valence-corrected chi connectivity index (χ0v) is 11.7. The first-order chi connectivity index (χ1) is 9.22. The van der Waals surface area contributed by atoms with Gasteiger partial charge in [0.25, 0.3) is 5.91 Å². The van der Waals surface area contributed by atoms with Gasteiger partial charge in [0.1, 0.15) is 0 Å². The lowest BCUT2D eigenvalue weighted by Gasteiger charge is -2.29. The van der Waals surface area contributed by atoms with Crippen molar-refractivity contribution in [3.05, 3.63) is 29.3 Å². The van der Waals surface area contributed by atoms with Crippen LogP contribution in [0.3, 0.4) is 0 Å². The Bertz CT molecular complexity index is 587. The molecule has 0 radical (unpaired) electrons. The Morgan fingerprint density at radius 2 is 2.21 bits per heavy atom. The minimum Gasteiger partial charge on any atom is -0.349 e. The molecule has 0 bridgehead atoms. The Kier molecular flexibility index (Phi) is 3.48. The third-order valence-electron chi connectivity index (χ3n) is 3.65. The molecule has 1 aromatic carbocycles.